The van der Waals surface area contributed by atoms with Gasteiger partial charge in [-0.25, -0.2) is 4.98 Å². The van der Waals surface area contributed by atoms with Crippen molar-refractivity contribution in [2.45, 2.75) is 58.0 Å². The summed E-state index contributed by atoms with van der Waals surface area (Å²) in [5, 5.41) is 13.2. The van der Waals surface area contributed by atoms with Crippen molar-refractivity contribution in [1.29, 1.82) is 0 Å². The largest absolute Gasteiger partial charge is 0.395 e. The molecule has 6 heteroatoms. The number of carbonyl (C=O) groups is 1. The van der Waals surface area contributed by atoms with Gasteiger partial charge in [-0.3, -0.25) is 4.79 Å². The first-order valence-electron chi connectivity index (χ1n) is 10.1. The van der Waals surface area contributed by atoms with E-state index in [9.17, 15) is 4.79 Å². The summed E-state index contributed by atoms with van der Waals surface area (Å²) in [6, 6.07) is 8.86. The number of nitrogens with zero attached hydrogens (tertiary/aromatic N) is 2. The third-order valence-electron chi connectivity index (χ3n) is 6.26. The van der Waals surface area contributed by atoms with Crippen LogP contribution in [-0.4, -0.2) is 41.2 Å². The number of hydrogen-bond acceptors (Lipinski definition) is 5. The Balaban J connectivity index is 1.66. The van der Waals surface area contributed by atoms with E-state index in [4.69, 9.17) is 10.1 Å². The maximum atomic E-state index is 13.2. The number of rotatable bonds is 7. The van der Waals surface area contributed by atoms with Crippen LogP contribution in [0.1, 0.15) is 46.0 Å². The van der Waals surface area contributed by atoms with E-state index in [1.165, 1.54) is 4.70 Å². The molecule has 2 aliphatic heterocycles. The minimum Gasteiger partial charge on any atom is -0.395 e. The number of nitrogens with one attached hydrogen (secondary N) is 1. The van der Waals surface area contributed by atoms with Crippen LogP contribution in [0.15, 0.2) is 24.3 Å². The Kier molecular flexibility index (Phi) is 5.12. The smallest absolute Gasteiger partial charge is 0.228 e. The molecule has 2 fully saturated rings. The molecule has 27 heavy (non-hydrogen) atoms. The summed E-state index contributed by atoms with van der Waals surface area (Å²) in [5.74, 6) is 0.693. The fourth-order valence-electron chi connectivity index (χ4n) is 4.96. The Hall–Kier alpha value is -1.66. The quantitative estimate of drug-likeness (QED) is 0.762. The number of fused-ring (bicyclic) bond motifs is 3. The van der Waals surface area contributed by atoms with Gasteiger partial charge in [0.15, 0.2) is 5.13 Å². The van der Waals surface area contributed by atoms with Crippen molar-refractivity contribution < 1.29 is 9.90 Å². The highest BCUT2D eigenvalue weighted by atomic mass is 32.1. The number of amides is 1. The first kappa shape index (κ1) is 18.7. The van der Waals surface area contributed by atoms with Crippen LogP contribution in [0.25, 0.3) is 10.2 Å². The Labute approximate surface area is 164 Å². The van der Waals surface area contributed by atoms with Crippen molar-refractivity contribution in [1.82, 2.24) is 10.3 Å². The molecule has 3 heterocycles. The van der Waals surface area contributed by atoms with Gasteiger partial charge in [0.1, 0.15) is 0 Å². The Morgan fingerprint density at radius 1 is 1.41 bits per heavy atom. The van der Waals surface area contributed by atoms with E-state index < -0.39 is 0 Å². The summed E-state index contributed by atoms with van der Waals surface area (Å²) in [5.41, 5.74) is 0.682. The molecule has 0 aliphatic carbocycles. The van der Waals surface area contributed by atoms with E-state index in [0.29, 0.717) is 18.5 Å². The molecule has 2 bridgehead atoms. The molecule has 4 rings (SSSR count). The number of carbonyl (C=O) groups excluding carboxylic acids is 1. The average molecular weight is 388 g/mol. The van der Waals surface area contributed by atoms with Crippen molar-refractivity contribution in [3.05, 3.63) is 24.3 Å². The number of aromatic nitrogens is 1. The summed E-state index contributed by atoms with van der Waals surface area (Å²) >= 11 is 1.74. The van der Waals surface area contributed by atoms with Crippen LogP contribution in [0, 0.1) is 11.3 Å². The van der Waals surface area contributed by atoms with Crippen LogP contribution in [0.5, 0.6) is 0 Å². The predicted molar refractivity (Wildman–Crippen MR) is 110 cm³/mol. The van der Waals surface area contributed by atoms with Gasteiger partial charge in [0.05, 0.1) is 22.2 Å². The first-order valence-corrected chi connectivity index (χ1v) is 10.9. The predicted octanol–water partition coefficient (Wildman–Crippen LogP) is 3.57. The summed E-state index contributed by atoms with van der Waals surface area (Å²) < 4.78 is 1.20. The van der Waals surface area contributed by atoms with Gasteiger partial charge in [0.2, 0.25) is 5.91 Å². The van der Waals surface area contributed by atoms with Crippen molar-refractivity contribution in [2.24, 2.45) is 11.3 Å². The third kappa shape index (κ3) is 3.23. The summed E-state index contributed by atoms with van der Waals surface area (Å²) in [6.07, 6.45) is 5.04. The topological polar surface area (TPSA) is 65.5 Å². The van der Waals surface area contributed by atoms with E-state index in [1.54, 1.807) is 11.3 Å². The Morgan fingerprint density at radius 2 is 2.22 bits per heavy atom. The fourth-order valence-corrected chi connectivity index (χ4v) is 6.05. The zero-order chi connectivity index (χ0) is 19.0. The van der Waals surface area contributed by atoms with E-state index in [2.05, 4.69) is 42.3 Å². The molecular weight excluding hydrogens is 358 g/mol. The number of aliphatic hydroxyl groups excluding tert-OH is 1. The molecule has 1 amide bonds. The van der Waals surface area contributed by atoms with Gasteiger partial charge in [-0.2, -0.15) is 0 Å². The van der Waals surface area contributed by atoms with Crippen LogP contribution in [0.2, 0.25) is 0 Å². The number of thiazole rings is 1. The third-order valence-corrected chi connectivity index (χ3v) is 7.31. The molecule has 0 unspecified atom stereocenters. The Bertz CT molecular complexity index is 788. The molecule has 0 spiro atoms. The second kappa shape index (κ2) is 7.40. The maximum Gasteiger partial charge on any atom is 0.228 e. The second-order valence-electron chi connectivity index (χ2n) is 8.39. The highest BCUT2D eigenvalue weighted by Crippen LogP contribution is 2.55. The van der Waals surface area contributed by atoms with Gasteiger partial charge in [-0.1, -0.05) is 37.3 Å². The first-order chi connectivity index (χ1) is 13.0. The van der Waals surface area contributed by atoms with Crippen molar-refractivity contribution in [3.63, 3.8) is 0 Å². The van der Waals surface area contributed by atoms with E-state index >= 15 is 0 Å². The molecule has 146 valence electrons. The molecule has 2 N–H and O–H groups in total. The highest BCUT2D eigenvalue weighted by Gasteiger charge is 2.60. The number of benzene rings is 1. The van der Waals surface area contributed by atoms with E-state index in [0.717, 1.165) is 42.8 Å². The van der Waals surface area contributed by atoms with Gasteiger partial charge in [-0.05, 0) is 50.2 Å². The summed E-state index contributed by atoms with van der Waals surface area (Å²) in [6.45, 7) is 4.76. The molecule has 5 nitrogen and oxygen atoms in total. The minimum atomic E-state index is -0.361. The lowest BCUT2D eigenvalue weighted by molar-refractivity contribution is -0.133. The monoisotopic (exact) mass is 387 g/mol. The number of anilines is 1. The SMILES string of the molecule is CC(C)CC[C@]1(C(=O)NCCO)C[C@H]2CC[C@@H]1N2c1nc2ccccc2s1. The van der Waals surface area contributed by atoms with Crippen molar-refractivity contribution >= 4 is 32.6 Å². The van der Waals surface area contributed by atoms with Crippen LogP contribution in [0.4, 0.5) is 5.13 Å². The van der Waals surface area contributed by atoms with Crippen LogP contribution < -0.4 is 10.2 Å². The molecule has 2 saturated heterocycles. The minimum absolute atomic E-state index is 0.0122. The lowest BCUT2D eigenvalue weighted by Crippen LogP contribution is -2.50. The molecule has 0 radical (unpaired) electrons. The Morgan fingerprint density at radius 3 is 2.96 bits per heavy atom. The fraction of sp³-hybridized carbons (Fsp3) is 0.619. The standard InChI is InChI=1S/C21H29N3O2S/c1-14(2)9-10-21(19(26)22-11-12-25)13-15-7-8-18(21)24(15)20-23-16-5-3-4-6-17(16)27-20/h3-6,14-15,18,25H,7-13H2,1-2H3,(H,22,26)/t15-,18+,21+/m1/s1. The zero-order valence-corrected chi connectivity index (χ0v) is 17.0. The molecule has 2 aliphatic rings. The van der Waals surface area contributed by atoms with Gasteiger partial charge < -0.3 is 15.3 Å². The molecule has 3 atom stereocenters. The van der Waals surface area contributed by atoms with E-state index in [-0.39, 0.29) is 24.0 Å². The van der Waals surface area contributed by atoms with Gasteiger partial charge in [0, 0.05) is 18.6 Å². The molecule has 1 aromatic heterocycles. The van der Waals surface area contributed by atoms with E-state index in [1.807, 2.05) is 6.07 Å². The van der Waals surface area contributed by atoms with Crippen LogP contribution in [-0.2, 0) is 4.79 Å². The van der Waals surface area contributed by atoms with Crippen molar-refractivity contribution in [2.75, 3.05) is 18.1 Å². The lowest BCUT2D eigenvalue weighted by atomic mass is 9.69. The molecule has 0 saturated carbocycles. The number of aliphatic hydroxyl groups is 1. The summed E-state index contributed by atoms with van der Waals surface area (Å²) in [7, 11) is 0. The zero-order valence-electron chi connectivity index (χ0n) is 16.1. The lowest BCUT2D eigenvalue weighted by Gasteiger charge is -2.36. The van der Waals surface area contributed by atoms with Gasteiger partial charge in [-0.15, -0.1) is 0 Å². The van der Waals surface area contributed by atoms with Crippen LogP contribution in [0.3, 0.4) is 0 Å². The summed E-state index contributed by atoms with van der Waals surface area (Å²) in [4.78, 5) is 20.6. The van der Waals surface area contributed by atoms with Gasteiger partial charge >= 0.3 is 0 Å². The van der Waals surface area contributed by atoms with Crippen LogP contribution >= 0.6 is 11.3 Å². The molecule has 2 aromatic rings. The number of hydrogen-bond donors (Lipinski definition) is 2. The normalized spacial score (nSPS) is 27.0. The maximum absolute atomic E-state index is 13.2. The number of para-hydroxylation sites is 1. The second-order valence-corrected chi connectivity index (χ2v) is 9.40. The van der Waals surface area contributed by atoms with Crippen molar-refractivity contribution in [3.8, 4) is 0 Å². The molecular formula is C21H29N3O2S. The highest BCUT2D eigenvalue weighted by molar-refractivity contribution is 7.22. The molecule has 1 aromatic carbocycles. The average Bonchev–Trinajstić information content (AvgIpc) is 3.34. The van der Waals surface area contributed by atoms with Gasteiger partial charge in [0.25, 0.3) is 0 Å².